The number of nitrogens with zero attached hydrogens (tertiary/aromatic N) is 1. The molecule has 0 aliphatic heterocycles. The van der Waals surface area contributed by atoms with Crippen molar-refractivity contribution >= 4 is 29.2 Å². The number of hydrogen-bond acceptors (Lipinski definition) is 6. The van der Waals surface area contributed by atoms with Gasteiger partial charge >= 0.3 is 11.9 Å². The molecule has 0 aliphatic rings. The van der Waals surface area contributed by atoms with Crippen molar-refractivity contribution in [1.29, 1.82) is 0 Å². The lowest BCUT2D eigenvalue weighted by atomic mass is 9.99. The molecule has 0 aliphatic carbocycles. The van der Waals surface area contributed by atoms with E-state index in [1.54, 1.807) is 0 Å². The Labute approximate surface area is 119 Å². The molecular formula is C12H12ClNO6. The minimum Gasteiger partial charge on any atom is -0.468 e. The van der Waals surface area contributed by atoms with Crippen LogP contribution in [0.1, 0.15) is 5.56 Å². The van der Waals surface area contributed by atoms with Crippen molar-refractivity contribution in [3.05, 3.63) is 38.9 Å². The summed E-state index contributed by atoms with van der Waals surface area (Å²) >= 11 is 5.91. The van der Waals surface area contributed by atoms with Crippen LogP contribution in [0.2, 0.25) is 5.02 Å². The highest BCUT2D eigenvalue weighted by molar-refractivity contribution is 6.31. The molecule has 0 saturated carbocycles. The Bertz CT molecular complexity index is 529. The summed E-state index contributed by atoms with van der Waals surface area (Å²) in [4.78, 5) is 33.2. The third-order valence-corrected chi connectivity index (χ3v) is 3.00. The maximum atomic E-state index is 11.5. The van der Waals surface area contributed by atoms with Crippen molar-refractivity contribution < 1.29 is 24.0 Å². The van der Waals surface area contributed by atoms with Crippen LogP contribution in [-0.4, -0.2) is 31.1 Å². The maximum absolute atomic E-state index is 11.5. The number of hydrogen-bond donors (Lipinski definition) is 0. The smallest absolute Gasteiger partial charge is 0.320 e. The second kappa shape index (κ2) is 6.85. The van der Waals surface area contributed by atoms with E-state index in [-0.39, 0.29) is 17.1 Å². The first-order valence-electron chi connectivity index (χ1n) is 5.49. The van der Waals surface area contributed by atoms with Gasteiger partial charge in [-0.15, -0.1) is 0 Å². The SMILES string of the molecule is COC(=O)C(Cc1cc([N+](=O)[O-])ccc1Cl)C(=O)OC. The molecular weight excluding hydrogens is 290 g/mol. The van der Waals surface area contributed by atoms with Gasteiger partial charge in [0.05, 0.1) is 19.1 Å². The molecule has 0 aromatic heterocycles. The van der Waals surface area contributed by atoms with Gasteiger partial charge in [-0.2, -0.15) is 0 Å². The number of carbonyl (C=O) groups is 2. The van der Waals surface area contributed by atoms with Gasteiger partial charge in [-0.1, -0.05) is 11.6 Å². The fraction of sp³-hybridized carbons (Fsp3) is 0.333. The lowest BCUT2D eigenvalue weighted by molar-refractivity contribution is -0.384. The van der Waals surface area contributed by atoms with Crippen LogP contribution in [0.5, 0.6) is 0 Å². The van der Waals surface area contributed by atoms with E-state index in [0.29, 0.717) is 5.56 Å². The highest BCUT2D eigenvalue weighted by Crippen LogP contribution is 2.25. The average molecular weight is 302 g/mol. The molecule has 0 fully saturated rings. The van der Waals surface area contributed by atoms with Gasteiger partial charge < -0.3 is 9.47 Å². The van der Waals surface area contributed by atoms with Gasteiger partial charge in [-0.3, -0.25) is 19.7 Å². The zero-order valence-electron chi connectivity index (χ0n) is 10.8. The normalized spacial score (nSPS) is 10.2. The van der Waals surface area contributed by atoms with Gasteiger partial charge in [-0.05, 0) is 18.1 Å². The molecule has 0 heterocycles. The topological polar surface area (TPSA) is 95.7 Å². The lowest BCUT2D eigenvalue weighted by Crippen LogP contribution is -2.28. The van der Waals surface area contributed by atoms with E-state index in [4.69, 9.17) is 11.6 Å². The van der Waals surface area contributed by atoms with Crippen molar-refractivity contribution in [2.24, 2.45) is 5.92 Å². The molecule has 108 valence electrons. The molecule has 0 bridgehead atoms. The van der Waals surface area contributed by atoms with Gasteiger partial charge in [0.1, 0.15) is 0 Å². The first-order valence-corrected chi connectivity index (χ1v) is 5.87. The van der Waals surface area contributed by atoms with Gasteiger partial charge in [0.2, 0.25) is 0 Å². The molecule has 7 nitrogen and oxygen atoms in total. The molecule has 8 heteroatoms. The predicted octanol–water partition coefficient (Wildman–Crippen LogP) is 1.75. The summed E-state index contributed by atoms with van der Waals surface area (Å²) in [5.41, 5.74) is 0.111. The molecule has 0 radical (unpaired) electrons. The zero-order valence-corrected chi connectivity index (χ0v) is 11.5. The van der Waals surface area contributed by atoms with Crippen LogP contribution >= 0.6 is 11.6 Å². The molecule has 1 rings (SSSR count). The highest BCUT2D eigenvalue weighted by atomic mass is 35.5. The minimum absolute atomic E-state index is 0.139. The summed E-state index contributed by atoms with van der Waals surface area (Å²) in [7, 11) is 2.26. The van der Waals surface area contributed by atoms with Gasteiger partial charge in [-0.25, -0.2) is 0 Å². The number of nitro benzene ring substituents is 1. The number of ether oxygens (including phenoxy) is 2. The van der Waals surface area contributed by atoms with Crippen LogP contribution in [0.4, 0.5) is 5.69 Å². The molecule has 1 aromatic carbocycles. The van der Waals surface area contributed by atoms with Crippen molar-refractivity contribution in [1.82, 2.24) is 0 Å². The van der Waals surface area contributed by atoms with Crippen molar-refractivity contribution in [3.8, 4) is 0 Å². The van der Waals surface area contributed by atoms with Crippen LogP contribution < -0.4 is 0 Å². The van der Waals surface area contributed by atoms with E-state index in [9.17, 15) is 19.7 Å². The zero-order chi connectivity index (χ0) is 15.3. The quantitative estimate of drug-likeness (QED) is 0.356. The number of non-ortho nitro benzene ring substituents is 1. The number of rotatable bonds is 5. The molecule has 0 unspecified atom stereocenters. The average Bonchev–Trinajstić information content (AvgIpc) is 2.44. The largest absolute Gasteiger partial charge is 0.468 e. The number of carbonyl (C=O) groups excluding carboxylic acids is 2. The predicted molar refractivity (Wildman–Crippen MR) is 69.3 cm³/mol. The number of esters is 2. The standard InChI is InChI=1S/C12H12ClNO6/c1-19-11(15)9(12(16)20-2)6-7-5-8(14(17)18)3-4-10(7)13/h3-5,9H,6H2,1-2H3. The first-order chi connectivity index (χ1) is 9.40. The molecule has 0 atom stereocenters. The van der Waals surface area contributed by atoms with Crippen LogP contribution in [0, 0.1) is 16.0 Å². The van der Waals surface area contributed by atoms with Gasteiger partial charge in [0.15, 0.2) is 5.92 Å². The molecule has 20 heavy (non-hydrogen) atoms. The molecule has 0 spiro atoms. The Morgan fingerprint density at radius 2 is 1.85 bits per heavy atom. The second-order valence-electron chi connectivity index (χ2n) is 3.84. The Morgan fingerprint density at radius 1 is 1.30 bits per heavy atom. The lowest BCUT2D eigenvalue weighted by Gasteiger charge is -2.13. The van der Waals surface area contributed by atoms with E-state index in [1.807, 2.05) is 0 Å². The fourth-order valence-electron chi connectivity index (χ4n) is 1.60. The van der Waals surface area contributed by atoms with Crippen LogP contribution in [-0.2, 0) is 25.5 Å². The van der Waals surface area contributed by atoms with Crippen LogP contribution in [0.15, 0.2) is 18.2 Å². The summed E-state index contributed by atoms with van der Waals surface area (Å²) in [6, 6.07) is 3.78. The third kappa shape index (κ3) is 3.67. The minimum atomic E-state index is -1.22. The van der Waals surface area contributed by atoms with Crippen molar-refractivity contribution in [2.75, 3.05) is 14.2 Å². The van der Waals surface area contributed by atoms with E-state index >= 15 is 0 Å². The van der Waals surface area contributed by atoms with E-state index in [0.717, 1.165) is 14.2 Å². The van der Waals surface area contributed by atoms with E-state index in [2.05, 4.69) is 9.47 Å². The number of nitro groups is 1. The van der Waals surface area contributed by atoms with Gasteiger partial charge in [0, 0.05) is 17.2 Å². The van der Waals surface area contributed by atoms with Gasteiger partial charge in [0.25, 0.3) is 5.69 Å². The summed E-state index contributed by atoms with van der Waals surface area (Å²) in [6.07, 6.45) is -0.139. The number of halogens is 1. The third-order valence-electron chi connectivity index (χ3n) is 2.64. The number of benzene rings is 1. The van der Waals surface area contributed by atoms with Crippen LogP contribution in [0.3, 0.4) is 0 Å². The molecule has 0 N–H and O–H groups in total. The Balaban J connectivity index is 3.10. The van der Waals surface area contributed by atoms with Crippen LogP contribution in [0.25, 0.3) is 0 Å². The van der Waals surface area contributed by atoms with Crippen molar-refractivity contribution in [3.63, 3.8) is 0 Å². The second-order valence-corrected chi connectivity index (χ2v) is 4.24. The van der Waals surface area contributed by atoms with E-state index in [1.165, 1.54) is 18.2 Å². The monoisotopic (exact) mass is 301 g/mol. The Kier molecular flexibility index (Phi) is 5.45. The summed E-state index contributed by atoms with van der Waals surface area (Å²) in [6.45, 7) is 0. The molecule has 1 aromatic rings. The Morgan fingerprint density at radius 3 is 2.30 bits per heavy atom. The summed E-state index contributed by atoms with van der Waals surface area (Å²) in [5, 5.41) is 10.9. The van der Waals surface area contributed by atoms with E-state index < -0.39 is 22.8 Å². The van der Waals surface area contributed by atoms with Crippen molar-refractivity contribution in [2.45, 2.75) is 6.42 Å². The maximum Gasteiger partial charge on any atom is 0.320 e. The summed E-state index contributed by atoms with van der Waals surface area (Å²) < 4.78 is 9.02. The Hall–Kier alpha value is -2.15. The molecule has 0 amide bonds. The fourth-order valence-corrected chi connectivity index (χ4v) is 1.79. The first kappa shape index (κ1) is 15.9. The highest BCUT2D eigenvalue weighted by Gasteiger charge is 2.30. The molecule has 0 saturated heterocycles. The summed E-state index contributed by atoms with van der Waals surface area (Å²) in [5.74, 6) is -2.80. The number of methoxy groups -OCH3 is 2.